The predicted octanol–water partition coefficient (Wildman–Crippen LogP) is 18.0. The Labute approximate surface area is 506 Å². The van der Waals surface area contributed by atoms with Crippen LogP contribution in [0.1, 0.15) is 33.6 Å². The molecule has 0 bridgehead atoms. The van der Waals surface area contributed by atoms with E-state index in [1.807, 2.05) is 0 Å². The van der Waals surface area contributed by atoms with Gasteiger partial charge in [-0.15, -0.1) is 0 Å². The molecule has 0 fully saturated rings. The number of allylic oxidation sites excluding steroid dienone is 4. The second-order valence-electron chi connectivity index (χ2n) is 25.7. The molecule has 0 radical (unpaired) electrons. The number of benzene rings is 16. The SMILES string of the molecule is C1=CC2=[N+]3C1=C(c1ccc4ccc5cccc6ccc1c4c56)c1ccc4n1C31n3c(ccc3=C(c3ccc5ccc6cccc7ccc3c5c67)C3=[N+]1C(=C4c1ccc4ccc5cccc6ccc1c4c56)C=C3)=C2c1ccc2ccc3cccc4ccc1c2c34. The Morgan fingerprint density at radius 2 is 0.494 bits per heavy atom. The second kappa shape index (κ2) is 14.9. The van der Waals surface area contributed by atoms with Gasteiger partial charge in [-0.2, -0.15) is 9.13 Å². The van der Waals surface area contributed by atoms with Crippen molar-refractivity contribution in [2.24, 2.45) is 0 Å². The molecule has 6 aliphatic rings. The maximum absolute atomic E-state index is 2.79. The van der Waals surface area contributed by atoms with Crippen molar-refractivity contribution in [1.82, 2.24) is 9.13 Å². The molecule has 0 saturated heterocycles. The van der Waals surface area contributed by atoms with Crippen LogP contribution < -0.4 is 10.7 Å². The third-order valence-electron chi connectivity index (χ3n) is 22.0. The number of aromatic nitrogens is 2. The minimum Gasteiger partial charge on any atom is -0.198 e. The van der Waals surface area contributed by atoms with Crippen LogP contribution in [0.5, 0.6) is 0 Å². The zero-order valence-corrected chi connectivity index (χ0v) is 47.7. The van der Waals surface area contributed by atoms with Crippen molar-refractivity contribution < 1.29 is 9.15 Å². The summed E-state index contributed by atoms with van der Waals surface area (Å²) in [5.41, 5.74) is 17.0. The van der Waals surface area contributed by atoms with E-state index in [2.05, 4.69) is 285 Å². The molecule has 0 N–H and O–H groups in total. The van der Waals surface area contributed by atoms with Crippen LogP contribution in [-0.2, 0) is 5.91 Å². The van der Waals surface area contributed by atoms with Gasteiger partial charge in [-0.3, -0.25) is 0 Å². The zero-order valence-electron chi connectivity index (χ0n) is 47.7. The monoisotopic (exact) mass is 1120 g/mol. The lowest BCUT2D eigenvalue weighted by Crippen LogP contribution is -2.71. The molecule has 89 heavy (non-hydrogen) atoms. The quantitative estimate of drug-likeness (QED) is 0.123. The highest BCUT2D eigenvalue weighted by molar-refractivity contribution is 6.36. The van der Waals surface area contributed by atoms with Crippen molar-refractivity contribution in [2.75, 3.05) is 0 Å². The molecule has 16 aromatic carbocycles. The van der Waals surface area contributed by atoms with E-state index in [-0.39, 0.29) is 0 Å². The van der Waals surface area contributed by atoms with Gasteiger partial charge in [0.2, 0.25) is 22.8 Å². The highest BCUT2D eigenvalue weighted by Gasteiger charge is 2.73. The van der Waals surface area contributed by atoms with Gasteiger partial charge in [0.15, 0.2) is 0 Å². The first-order valence-corrected chi connectivity index (χ1v) is 31.2. The lowest BCUT2D eigenvalue weighted by molar-refractivity contribution is -0.834. The van der Waals surface area contributed by atoms with E-state index in [0.717, 1.165) is 0 Å². The minimum absolute atomic E-state index is 0.994. The maximum atomic E-state index is 2.79. The van der Waals surface area contributed by atoms with E-state index >= 15 is 0 Å². The highest BCUT2D eigenvalue weighted by Crippen LogP contribution is 2.56. The summed E-state index contributed by atoms with van der Waals surface area (Å²) in [7, 11) is 0. The Bertz CT molecular complexity index is 6410. The number of nitrogens with zero attached hydrogens (tertiary/aromatic N) is 4. The van der Waals surface area contributed by atoms with Crippen molar-refractivity contribution >= 4 is 163 Å². The van der Waals surface area contributed by atoms with E-state index in [0.29, 0.717) is 0 Å². The van der Waals surface area contributed by atoms with Crippen molar-refractivity contribution in [3.05, 3.63) is 323 Å². The van der Waals surface area contributed by atoms with E-state index in [9.17, 15) is 0 Å². The van der Waals surface area contributed by atoms with Gasteiger partial charge < -0.3 is 0 Å². The van der Waals surface area contributed by atoms with Gasteiger partial charge in [0.05, 0.1) is 44.4 Å². The molecule has 0 saturated carbocycles. The summed E-state index contributed by atoms with van der Waals surface area (Å²) < 4.78 is 11.1. The fourth-order valence-corrected chi connectivity index (χ4v) is 18.6. The molecule has 0 atom stereocenters. The van der Waals surface area contributed by atoms with Crippen molar-refractivity contribution in [3.63, 3.8) is 0 Å². The van der Waals surface area contributed by atoms with Crippen LogP contribution in [0.25, 0.3) is 152 Å². The van der Waals surface area contributed by atoms with E-state index < -0.39 is 5.91 Å². The molecule has 402 valence electrons. The average molecular weight is 1120 g/mol. The summed E-state index contributed by atoms with van der Waals surface area (Å²) in [6, 6.07) is 93.7. The third kappa shape index (κ3) is 4.93. The van der Waals surface area contributed by atoms with Gasteiger partial charge in [0.25, 0.3) is 0 Å². The highest BCUT2D eigenvalue weighted by atomic mass is 15.6. The summed E-state index contributed by atoms with van der Waals surface area (Å²) in [5, 5.41) is 33.2. The molecular weight excluding hydrogens is 1080 g/mol. The van der Waals surface area contributed by atoms with Crippen LogP contribution in [0.4, 0.5) is 0 Å². The van der Waals surface area contributed by atoms with Crippen molar-refractivity contribution in [2.45, 2.75) is 5.91 Å². The van der Waals surface area contributed by atoms with Crippen molar-refractivity contribution in [1.29, 1.82) is 0 Å². The summed E-state index contributed by atoms with van der Waals surface area (Å²) in [6.07, 6.45) is 9.88. The first kappa shape index (κ1) is 44.7. The van der Waals surface area contributed by atoms with E-state index in [1.165, 1.54) is 219 Å². The Hall–Kier alpha value is -11.7. The third-order valence-corrected chi connectivity index (χ3v) is 22.0. The Balaban J connectivity index is 0.910. The van der Waals surface area contributed by atoms with Crippen LogP contribution in [0.2, 0.25) is 0 Å². The largest absolute Gasteiger partial charge is 0.553 e. The normalized spacial score (nSPS) is 16.3. The second-order valence-corrected chi connectivity index (χ2v) is 25.7. The molecule has 18 aromatic rings. The first-order valence-electron chi connectivity index (χ1n) is 31.2. The minimum atomic E-state index is -0.994. The topological polar surface area (TPSA) is 15.9 Å². The molecule has 0 unspecified atom stereocenters. The molecule has 2 aromatic heterocycles. The zero-order chi connectivity index (χ0) is 57.0. The van der Waals surface area contributed by atoms with Gasteiger partial charge in [-0.25, -0.2) is 0 Å². The van der Waals surface area contributed by atoms with Crippen LogP contribution >= 0.6 is 0 Å². The molecule has 4 heteroatoms. The Morgan fingerprint density at radius 1 is 0.225 bits per heavy atom. The fraction of sp³-hybridized carbons (Fsp3) is 0.0118. The Kier molecular flexibility index (Phi) is 7.49. The van der Waals surface area contributed by atoms with Gasteiger partial charge in [0.1, 0.15) is 0 Å². The fourth-order valence-electron chi connectivity index (χ4n) is 18.6. The van der Waals surface area contributed by atoms with Crippen LogP contribution in [0.15, 0.2) is 278 Å². The summed E-state index contributed by atoms with van der Waals surface area (Å²) >= 11 is 0. The molecule has 1 spiro atoms. The average Bonchev–Trinajstić information content (AvgIpc) is 1.51. The summed E-state index contributed by atoms with van der Waals surface area (Å²) in [5.74, 6) is -0.994. The predicted molar refractivity (Wildman–Crippen MR) is 368 cm³/mol. The van der Waals surface area contributed by atoms with Gasteiger partial charge >= 0.3 is 5.91 Å². The van der Waals surface area contributed by atoms with E-state index in [1.54, 1.807) is 0 Å². The van der Waals surface area contributed by atoms with Gasteiger partial charge in [-0.1, -0.05) is 228 Å². The standard InChI is InChI=1S/C85H44N4/c1-5-45-13-17-53-25-33-61(57-29-21-49(9-1)73(45)77(53)57)81-65-37-39-67-82(62-34-26-54-18-14-46-6-2-10-50-22-30-58(62)78(54)74(46)50)69-41-43-71-84(64-36-28-56-20-16-48-8-4-12-52-24-32-60(64)80(56)76(48)52)72-44-42-70-83(68-40-38-66(81)87(68)85(86(65)67,88(69)71)89(70)72)63-35-27-55-19-15-47-7-3-11-51-23-31-59(63)79(55)75(47)51/h1-44H/q+2. The van der Waals surface area contributed by atoms with Gasteiger partial charge in [0, 0.05) is 24.3 Å². The molecule has 6 aliphatic heterocycles. The molecule has 4 nitrogen and oxygen atoms in total. The van der Waals surface area contributed by atoms with Crippen LogP contribution in [-0.4, -0.2) is 29.7 Å². The summed E-state index contributed by atoms with van der Waals surface area (Å²) in [6.45, 7) is 0. The maximum Gasteiger partial charge on any atom is 0.553 e. The lowest BCUT2D eigenvalue weighted by Gasteiger charge is -2.41. The number of rotatable bonds is 4. The van der Waals surface area contributed by atoms with Crippen LogP contribution in [0, 0.1) is 0 Å². The molecule has 0 amide bonds. The smallest absolute Gasteiger partial charge is 0.198 e. The van der Waals surface area contributed by atoms with E-state index in [4.69, 9.17) is 0 Å². The summed E-state index contributed by atoms with van der Waals surface area (Å²) in [4.78, 5) is 0. The van der Waals surface area contributed by atoms with Crippen LogP contribution in [0.3, 0.4) is 0 Å². The van der Waals surface area contributed by atoms with Crippen molar-refractivity contribution in [3.8, 4) is 0 Å². The van der Waals surface area contributed by atoms with Gasteiger partial charge in [-0.05, 0) is 176 Å². The lowest BCUT2D eigenvalue weighted by atomic mass is 9.86. The molecular formula is C85H44N4+2. The molecule has 0 aliphatic carbocycles. The molecule has 24 rings (SSSR count). The Morgan fingerprint density at radius 3 is 0.809 bits per heavy atom. The first-order chi connectivity index (χ1) is 44.2. The molecule has 8 heterocycles. The number of hydrogen-bond donors (Lipinski definition) is 0. The number of hydrogen-bond acceptors (Lipinski definition) is 0.